The van der Waals surface area contributed by atoms with E-state index in [0.717, 1.165) is 22.9 Å². The number of carbonyl (C=O) groups excluding carboxylic acids is 1. The molecule has 0 unspecified atom stereocenters. The number of amides is 1. The van der Waals surface area contributed by atoms with Gasteiger partial charge in [0.15, 0.2) is 6.61 Å². The number of carbonyl (C=O) groups is 1. The highest BCUT2D eigenvalue weighted by molar-refractivity contribution is 5.92. The van der Waals surface area contributed by atoms with Crippen molar-refractivity contribution in [3.8, 4) is 5.75 Å². The van der Waals surface area contributed by atoms with Gasteiger partial charge in [0, 0.05) is 5.69 Å². The molecule has 1 N–H and O–H groups in total. The summed E-state index contributed by atoms with van der Waals surface area (Å²) < 4.78 is 5.62. The van der Waals surface area contributed by atoms with E-state index in [-0.39, 0.29) is 12.5 Å². The van der Waals surface area contributed by atoms with Crippen LogP contribution >= 0.6 is 0 Å². The lowest BCUT2D eigenvalue weighted by atomic mass is 9.99. The molecule has 0 spiro atoms. The Morgan fingerprint density at radius 3 is 2.44 bits per heavy atom. The van der Waals surface area contributed by atoms with E-state index < -0.39 is 0 Å². The Hall–Kier alpha value is -2.81. The van der Waals surface area contributed by atoms with Gasteiger partial charge in [-0.3, -0.25) is 4.79 Å². The van der Waals surface area contributed by atoms with Gasteiger partial charge < -0.3 is 10.1 Å². The van der Waals surface area contributed by atoms with E-state index in [0.29, 0.717) is 11.7 Å². The van der Waals surface area contributed by atoms with Gasteiger partial charge >= 0.3 is 0 Å². The highest BCUT2D eigenvalue weighted by Gasteiger charge is 2.06. The molecule has 3 aromatic carbocycles. The van der Waals surface area contributed by atoms with Gasteiger partial charge in [0.1, 0.15) is 5.75 Å². The maximum Gasteiger partial charge on any atom is 0.262 e. The molecular formula is C22H23NO2. The van der Waals surface area contributed by atoms with Gasteiger partial charge in [-0.25, -0.2) is 0 Å². The van der Waals surface area contributed by atoms with Gasteiger partial charge in [-0.05, 0) is 52.9 Å². The largest absolute Gasteiger partial charge is 0.484 e. The third-order valence-electron chi connectivity index (χ3n) is 4.47. The van der Waals surface area contributed by atoms with Crippen LogP contribution in [-0.4, -0.2) is 12.5 Å². The number of fused-ring (bicyclic) bond motifs is 1. The molecule has 0 fully saturated rings. The molecule has 1 atom stereocenters. The highest BCUT2D eigenvalue weighted by atomic mass is 16.5. The molecule has 0 aliphatic rings. The molecule has 0 bridgehead atoms. The molecule has 0 aromatic heterocycles. The molecule has 1 amide bonds. The molecule has 25 heavy (non-hydrogen) atoms. The van der Waals surface area contributed by atoms with Crippen molar-refractivity contribution in [2.24, 2.45) is 0 Å². The van der Waals surface area contributed by atoms with Crippen molar-refractivity contribution < 1.29 is 9.53 Å². The lowest BCUT2D eigenvalue weighted by molar-refractivity contribution is -0.118. The van der Waals surface area contributed by atoms with Gasteiger partial charge in [0.05, 0.1) is 0 Å². The van der Waals surface area contributed by atoms with Crippen LogP contribution in [0, 0.1) is 0 Å². The first kappa shape index (κ1) is 17.0. The van der Waals surface area contributed by atoms with E-state index in [1.165, 1.54) is 5.56 Å². The predicted molar refractivity (Wildman–Crippen MR) is 103 cm³/mol. The Balaban J connectivity index is 1.56. The molecule has 0 saturated heterocycles. The smallest absolute Gasteiger partial charge is 0.262 e. The van der Waals surface area contributed by atoms with Crippen LogP contribution in [0.2, 0.25) is 0 Å². The zero-order valence-electron chi connectivity index (χ0n) is 14.7. The van der Waals surface area contributed by atoms with E-state index in [9.17, 15) is 4.79 Å². The van der Waals surface area contributed by atoms with Crippen LogP contribution in [0.1, 0.15) is 31.7 Å². The fraction of sp³-hybridized carbons (Fsp3) is 0.227. The summed E-state index contributed by atoms with van der Waals surface area (Å²) in [7, 11) is 0. The average Bonchev–Trinajstić information content (AvgIpc) is 2.66. The average molecular weight is 333 g/mol. The molecule has 0 saturated carbocycles. The van der Waals surface area contributed by atoms with Crippen molar-refractivity contribution in [3.05, 3.63) is 72.3 Å². The summed E-state index contributed by atoms with van der Waals surface area (Å²) in [4.78, 5) is 12.1. The van der Waals surface area contributed by atoms with Crippen LogP contribution in [0.25, 0.3) is 10.8 Å². The van der Waals surface area contributed by atoms with Crippen LogP contribution < -0.4 is 10.1 Å². The SMILES string of the molecule is CC[C@@H](C)c1ccc(NC(=O)COc2ccc3ccccc3c2)cc1. The van der Waals surface area contributed by atoms with Crippen LogP contribution in [0.15, 0.2) is 66.7 Å². The second kappa shape index (κ2) is 7.84. The van der Waals surface area contributed by atoms with E-state index in [1.807, 2.05) is 48.5 Å². The normalized spacial score (nSPS) is 11.9. The molecule has 0 radical (unpaired) electrons. The summed E-state index contributed by atoms with van der Waals surface area (Å²) in [5.41, 5.74) is 2.08. The Morgan fingerprint density at radius 1 is 1.00 bits per heavy atom. The van der Waals surface area contributed by atoms with Crippen molar-refractivity contribution >= 4 is 22.4 Å². The summed E-state index contributed by atoms with van der Waals surface area (Å²) in [6.45, 7) is 4.36. The molecule has 3 aromatic rings. The van der Waals surface area contributed by atoms with Crippen molar-refractivity contribution in [2.45, 2.75) is 26.2 Å². The second-order valence-corrected chi connectivity index (χ2v) is 6.28. The molecule has 0 heterocycles. The Kier molecular flexibility index (Phi) is 5.34. The number of benzene rings is 3. The van der Waals surface area contributed by atoms with E-state index in [1.54, 1.807) is 0 Å². The summed E-state index contributed by atoms with van der Waals surface area (Å²) in [5, 5.41) is 5.12. The highest BCUT2D eigenvalue weighted by Crippen LogP contribution is 2.21. The monoisotopic (exact) mass is 333 g/mol. The molecule has 128 valence electrons. The minimum Gasteiger partial charge on any atom is -0.484 e. The molecule has 0 aliphatic heterocycles. The summed E-state index contributed by atoms with van der Waals surface area (Å²) in [6.07, 6.45) is 1.10. The first-order valence-corrected chi connectivity index (χ1v) is 8.67. The van der Waals surface area contributed by atoms with Gasteiger partial charge in [-0.15, -0.1) is 0 Å². The zero-order valence-corrected chi connectivity index (χ0v) is 14.7. The number of rotatable bonds is 6. The van der Waals surface area contributed by atoms with Crippen LogP contribution in [-0.2, 0) is 4.79 Å². The summed E-state index contributed by atoms with van der Waals surface area (Å²) in [6, 6.07) is 21.9. The number of anilines is 1. The number of hydrogen-bond acceptors (Lipinski definition) is 2. The molecule has 3 heteroatoms. The third-order valence-corrected chi connectivity index (χ3v) is 4.47. The first-order valence-electron chi connectivity index (χ1n) is 8.67. The standard InChI is InChI=1S/C22H23NO2/c1-3-16(2)17-8-11-20(12-9-17)23-22(24)15-25-21-13-10-18-6-4-5-7-19(18)14-21/h4-14,16H,3,15H2,1-2H3,(H,23,24)/t16-/m1/s1. The quantitative estimate of drug-likeness (QED) is 0.658. The Morgan fingerprint density at radius 2 is 1.72 bits per heavy atom. The first-order chi connectivity index (χ1) is 12.2. The molecular weight excluding hydrogens is 310 g/mol. The lowest BCUT2D eigenvalue weighted by Crippen LogP contribution is -2.20. The fourth-order valence-corrected chi connectivity index (χ4v) is 2.73. The maximum absolute atomic E-state index is 12.1. The molecule has 3 nitrogen and oxygen atoms in total. The minimum absolute atomic E-state index is 0.00848. The number of hydrogen-bond donors (Lipinski definition) is 1. The number of ether oxygens (including phenoxy) is 1. The van der Waals surface area contributed by atoms with Crippen molar-refractivity contribution in [2.75, 3.05) is 11.9 Å². The van der Waals surface area contributed by atoms with Crippen LogP contribution in [0.5, 0.6) is 5.75 Å². The lowest BCUT2D eigenvalue weighted by Gasteiger charge is -2.11. The summed E-state index contributed by atoms with van der Waals surface area (Å²) >= 11 is 0. The van der Waals surface area contributed by atoms with E-state index >= 15 is 0 Å². The number of nitrogens with one attached hydrogen (secondary N) is 1. The van der Waals surface area contributed by atoms with Gasteiger partial charge in [0.2, 0.25) is 0 Å². The Bertz CT molecular complexity index is 855. The molecule has 0 aliphatic carbocycles. The summed E-state index contributed by atoms with van der Waals surface area (Å²) in [5.74, 6) is 1.06. The third kappa shape index (κ3) is 4.38. The maximum atomic E-state index is 12.1. The van der Waals surface area contributed by atoms with Gasteiger partial charge in [-0.2, -0.15) is 0 Å². The van der Waals surface area contributed by atoms with Gasteiger partial charge in [-0.1, -0.05) is 56.3 Å². The van der Waals surface area contributed by atoms with E-state index in [4.69, 9.17) is 4.74 Å². The second-order valence-electron chi connectivity index (χ2n) is 6.28. The van der Waals surface area contributed by atoms with E-state index in [2.05, 4.69) is 37.4 Å². The van der Waals surface area contributed by atoms with Crippen LogP contribution in [0.4, 0.5) is 5.69 Å². The van der Waals surface area contributed by atoms with Crippen molar-refractivity contribution in [3.63, 3.8) is 0 Å². The minimum atomic E-state index is -0.163. The Labute approximate surface area is 148 Å². The van der Waals surface area contributed by atoms with Crippen molar-refractivity contribution in [1.29, 1.82) is 0 Å². The zero-order chi connectivity index (χ0) is 17.6. The van der Waals surface area contributed by atoms with Gasteiger partial charge in [0.25, 0.3) is 5.91 Å². The topological polar surface area (TPSA) is 38.3 Å². The van der Waals surface area contributed by atoms with Crippen molar-refractivity contribution in [1.82, 2.24) is 0 Å². The molecule has 3 rings (SSSR count). The fourth-order valence-electron chi connectivity index (χ4n) is 2.73. The van der Waals surface area contributed by atoms with Crippen LogP contribution in [0.3, 0.4) is 0 Å². The predicted octanol–water partition coefficient (Wildman–Crippen LogP) is 5.37.